The molecule has 0 N–H and O–H groups in total. The Morgan fingerprint density at radius 2 is 2.07 bits per heavy atom. The number of hydrogen-bond acceptors (Lipinski definition) is 2. The van der Waals surface area contributed by atoms with Crippen LogP contribution in [-0.4, -0.2) is 13.1 Å². The Kier molecular flexibility index (Phi) is 4.48. The first-order valence-electron chi connectivity index (χ1n) is 4.61. The third-order valence-corrected chi connectivity index (χ3v) is 1.85. The quantitative estimate of drug-likeness (QED) is 0.682. The summed E-state index contributed by atoms with van der Waals surface area (Å²) in [5.41, 5.74) is 1.15. The maximum absolute atomic E-state index is 10.8. The van der Waals surface area contributed by atoms with Gasteiger partial charge in [-0.25, -0.2) is 0 Å². The van der Waals surface area contributed by atoms with Crippen LogP contribution in [0.1, 0.15) is 18.4 Å². The van der Waals surface area contributed by atoms with Crippen LogP contribution < -0.4 is 0 Å². The predicted molar refractivity (Wildman–Crippen MR) is 56.7 cm³/mol. The first kappa shape index (κ1) is 10.5. The molecule has 1 rings (SSSR count). The van der Waals surface area contributed by atoms with E-state index in [2.05, 4.69) is 4.74 Å². The van der Waals surface area contributed by atoms with Gasteiger partial charge in [0.2, 0.25) is 0 Å². The molecule has 0 heterocycles. The van der Waals surface area contributed by atoms with E-state index in [0.29, 0.717) is 6.42 Å². The van der Waals surface area contributed by atoms with E-state index in [1.165, 1.54) is 7.11 Å². The maximum atomic E-state index is 10.8. The number of methoxy groups -OCH3 is 1. The minimum atomic E-state index is -0.164. The molecule has 0 radical (unpaired) electrons. The van der Waals surface area contributed by atoms with Gasteiger partial charge in [0.25, 0.3) is 0 Å². The summed E-state index contributed by atoms with van der Waals surface area (Å²) in [6.07, 6.45) is 5.15. The van der Waals surface area contributed by atoms with E-state index in [9.17, 15) is 4.79 Å². The van der Waals surface area contributed by atoms with Gasteiger partial charge in [-0.2, -0.15) is 0 Å². The smallest absolute Gasteiger partial charge is 0.305 e. The van der Waals surface area contributed by atoms with Gasteiger partial charge in [0.15, 0.2) is 0 Å². The van der Waals surface area contributed by atoms with Gasteiger partial charge < -0.3 is 4.74 Å². The van der Waals surface area contributed by atoms with Crippen molar-refractivity contribution in [2.24, 2.45) is 0 Å². The highest BCUT2D eigenvalue weighted by atomic mass is 16.5. The third kappa shape index (κ3) is 3.90. The number of hydrogen-bond donors (Lipinski definition) is 0. The fourth-order valence-electron chi connectivity index (χ4n) is 1.09. The van der Waals surface area contributed by atoms with Crippen LogP contribution in [0.4, 0.5) is 0 Å². The molecule has 0 saturated heterocycles. The summed E-state index contributed by atoms with van der Waals surface area (Å²) in [5, 5.41) is 0. The van der Waals surface area contributed by atoms with Crippen molar-refractivity contribution >= 4 is 12.0 Å². The normalized spacial score (nSPS) is 10.4. The fraction of sp³-hybridized carbons (Fsp3) is 0.250. The largest absolute Gasteiger partial charge is 0.469 e. The van der Waals surface area contributed by atoms with E-state index in [1.807, 2.05) is 42.5 Å². The Balaban J connectivity index is 2.31. The van der Waals surface area contributed by atoms with E-state index in [1.54, 1.807) is 0 Å². The molecule has 2 heteroatoms. The van der Waals surface area contributed by atoms with Gasteiger partial charge in [0.1, 0.15) is 0 Å². The van der Waals surface area contributed by atoms with E-state index in [4.69, 9.17) is 0 Å². The molecule has 0 atom stereocenters. The summed E-state index contributed by atoms with van der Waals surface area (Å²) in [6, 6.07) is 10.00. The molecule has 0 aliphatic carbocycles. The number of carbonyl (C=O) groups excluding carboxylic acids is 1. The zero-order chi connectivity index (χ0) is 10.2. The van der Waals surface area contributed by atoms with Crippen LogP contribution in [0.25, 0.3) is 6.08 Å². The number of carbonyl (C=O) groups is 1. The number of esters is 1. The average molecular weight is 190 g/mol. The van der Waals surface area contributed by atoms with Crippen molar-refractivity contribution in [1.29, 1.82) is 0 Å². The lowest BCUT2D eigenvalue weighted by Gasteiger charge is -1.94. The Hall–Kier alpha value is -1.57. The van der Waals surface area contributed by atoms with Crippen LogP contribution in [0.3, 0.4) is 0 Å². The lowest BCUT2D eigenvalue weighted by molar-refractivity contribution is -0.140. The molecule has 2 nitrogen and oxygen atoms in total. The first-order valence-corrected chi connectivity index (χ1v) is 4.61. The van der Waals surface area contributed by atoms with Crippen LogP contribution in [0.5, 0.6) is 0 Å². The van der Waals surface area contributed by atoms with E-state index < -0.39 is 0 Å². The fourth-order valence-corrected chi connectivity index (χ4v) is 1.09. The zero-order valence-electron chi connectivity index (χ0n) is 8.27. The van der Waals surface area contributed by atoms with E-state index in [-0.39, 0.29) is 5.97 Å². The van der Waals surface area contributed by atoms with Gasteiger partial charge in [-0.3, -0.25) is 4.79 Å². The minimum Gasteiger partial charge on any atom is -0.469 e. The molecular formula is C12H14O2. The monoisotopic (exact) mass is 190 g/mol. The highest BCUT2D eigenvalue weighted by Gasteiger charge is 1.95. The predicted octanol–water partition coefficient (Wildman–Crippen LogP) is 2.65. The molecule has 74 valence electrons. The van der Waals surface area contributed by atoms with Crippen molar-refractivity contribution in [2.45, 2.75) is 12.8 Å². The van der Waals surface area contributed by atoms with Crippen molar-refractivity contribution in [3.63, 3.8) is 0 Å². The highest BCUT2D eigenvalue weighted by molar-refractivity contribution is 5.69. The summed E-state index contributed by atoms with van der Waals surface area (Å²) in [4.78, 5) is 10.8. The molecule has 14 heavy (non-hydrogen) atoms. The van der Waals surface area contributed by atoms with Crippen LogP contribution in [0.15, 0.2) is 36.4 Å². The molecule has 0 bridgehead atoms. The lowest BCUT2D eigenvalue weighted by Crippen LogP contribution is -1.97. The SMILES string of the molecule is COC(=O)CC/C=C/c1ccccc1. The molecule has 0 saturated carbocycles. The number of benzene rings is 1. The number of ether oxygens (including phenoxy) is 1. The van der Waals surface area contributed by atoms with Gasteiger partial charge in [0.05, 0.1) is 7.11 Å². The summed E-state index contributed by atoms with van der Waals surface area (Å²) in [5.74, 6) is -0.164. The van der Waals surface area contributed by atoms with Crippen LogP contribution in [-0.2, 0) is 9.53 Å². The summed E-state index contributed by atoms with van der Waals surface area (Å²) in [7, 11) is 1.41. The van der Waals surface area contributed by atoms with Crippen molar-refractivity contribution in [3.8, 4) is 0 Å². The second kappa shape index (κ2) is 5.97. The molecule has 0 fully saturated rings. The Labute approximate surface area is 84.2 Å². The van der Waals surface area contributed by atoms with Crippen LogP contribution >= 0.6 is 0 Å². The van der Waals surface area contributed by atoms with Crippen molar-refractivity contribution in [3.05, 3.63) is 42.0 Å². The second-order valence-corrected chi connectivity index (χ2v) is 2.93. The Morgan fingerprint density at radius 3 is 2.71 bits per heavy atom. The Bertz CT molecular complexity index is 301. The van der Waals surface area contributed by atoms with Gasteiger partial charge in [-0.15, -0.1) is 0 Å². The summed E-state index contributed by atoms with van der Waals surface area (Å²) in [6.45, 7) is 0. The first-order chi connectivity index (χ1) is 6.83. The topological polar surface area (TPSA) is 26.3 Å². The zero-order valence-corrected chi connectivity index (χ0v) is 8.27. The average Bonchev–Trinajstić information content (AvgIpc) is 2.25. The molecule has 0 aliphatic heterocycles. The van der Waals surface area contributed by atoms with Gasteiger partial charge in [-0.05, 0) is 12.0 Å². The minimum absolute atomic E-state index is 0.164. The molecule has 0 amide bonds. The van der Waals surface area contributed by atoms with Gasteiger partial charge in [-0.1, -0.05) is 42.5 Å². The van der Waals surface area contributed by atoms with E-state index in [0.717, 1.165) is 12.0 Å². The van der Waals surface area contributed by atoms with Crippen molar-refractivity contribution in [2.75, 3.05) is 7.11 Å². The Morgan fingerprint density at radius 1 is 1.36 bits per heavy atom. The summed E-state index contributed by atoms with van der Waals surface area (Å²) < 4.78 is 4.53. The number of rotatable bonds is 4. The third-order valence-electron chi connectivity index (χ3n) is 1.85. The number of allylic oxidation sites excluding steroid dienone is 1. The molecule has 0 unspecified atom stereocenters. The molecule has 0 aromatic heterocycles. The lowest BCUT2D eigenvalue weighted by atomic mass is 10.2. The molecule has 1 aromatic rings. The molecular weight excluding hydrogens is 176 g/mol. The molecule has 0 aliphatic rings. The maximum Gasteiger partial charge on any atom is 0.305 e. The second-order valence-electron chi connectivity index (χ2n) is 2.93. The van der Waals surface area contributed by atoms with Crippen LogP contribution in [0, 0.1) is 0 Å². The van der Waals surface area contributed by atoms with Gasteiger partial charge >= 0.3 is 5.97 Å². The van der Waals surface area contributed by atoms with E-state index >= 15 is 0 Å². The van der Waals surface area contributed by atoms with Crippen molar-refractivity contribution in [1.82, 2.24) is 0 Å². The summed E-state index contributed by atoms with van der Waals surface area (Å²) >= 11 is 0. The van der Waals surface area contributed by atoms with Gasteiger partial charge in [0, 0.05) is 6.42 Å². The molecule has 1 aromatic carbocycles. The standard InChI is InChI=1S/C12H14O2/c1-14-12(13)10-6-5-9-11-7-3-2-4-8-11/h2-5,7-9H,6,10H2,1H3/b9-5+. The highest BCUT2D eigenvalue weighted by Crippen LogP contribution is 2.03. The van der Waals surface area contributed by atoms with Crippen molar-refractivity contribution < 1.29 is 9.53 Å². The molecule has 0 spiro atoms. The van der Waals surface area contributed by atoms with Crippen LogP contribution in [0.2, 0.25) is 0 Å².